The SMILES string of the molecule is CC(CN1CCCCC1)NS(=O)(=O)N1CCC(CN)CC1. The fourth-order valence-electron chi connectivity index (χ4n) is 3.28. The van der Waals surface area contributed by atoms with Crippen LogP contribution in [0.25, 0.3) is 0 Å². The van der Waals surface area contributed by atoms with Gasteiger partial charge in [0.25, 0.3) is 10.2 Å². The summed E-state index contributed by atoms with van der Waals surface area (Å²) in [5.74, 6) is 0.474. The molecule has 124 valence electrons. The van der Waals surface area contributed by atoms with E-state index in [4.69, 9.17) is 5.73 Å². The Bertz CT molecular complexity index is 401. The number of hydrogen-bond acceptors (Lipinski definition) is 4. The summed E-state index contributed by atoms with van der Waals surface area (Å²) >= 11 is 0. The van der Waals surface area contributed by atoms with E-state index in [0.29, 0.717) is 25.6 Å². The van der Waals surface area contributed by atoms with Gasteiger partial charge in [-0.3, -0.25) is 0 Å². The molecule has 0 radical (unpaired) electrons. The van der Waals surface area contributed by atoms with Crippen LogP contribution in [0.15, 0.2) is 0 Å². The van der Waals surface area contributed by atoms with E-state index < -0.39 is 10.2 Å². The molecular formula is C14H30N4O2S. The van der Waals surface area contributed by atoms with Gasteiger partial charge in [-0.15, -0.1) is 0 Å². The van der Waals surface area contributed by atoms with Gasteiger partial charge in [-0.25, -0.2) is 0 Å². The smallest absolute Gasteiger partial charge is 0.279 e. The van der Waals surface area contributed by atoms with Crippen molar-refractivity contribution in [2.75, 3.05) is 39.3 Å². The van der Waals surface area contributed by atoms with Crippen molar-refractivity contribution in [1.29, 1.82) is 0 Å². The van der Waals surface area contributed by atoms with Crippen molar-refractivity contribution in [3.05, 3.63) is 0 Å². The van der Waals surface area contributed by atoms with E-state index >= 15 is 0 Å². The normalized spacial score (nSPS) is 25.0. The van der Waals surface area contributed by atoms with Crippen molar-refractivity contribution < 1.29 is 8.42 Å². The third-order valence-electron chi connectivity index (χ3n) is 4.58. The second-order valence-corrected chi connectivity index (χ2v) is 8.17. The minimum absolute atomic E-state index is 0.0414. The van der Waals surface area contributed by atoms with Gasteiger partial charge in [-0.1, -0.05) is 6.42 Å². The maximum absolute atomic E-state index is 12.4. The lowest BCUT2D eigenvalue weighted by atomic mass is 9.99. The fourth-order valence-corrected chi connectivity index (χ4v) is 4.70. The van der Waals surface area contributed by atoms with Crippen molar-refractivity contribution >= 4 is 10.2 Å². The lowest BCUT2D eigenvalue weighted by molar-refractivity contribution is 0.213. The highest BCUT2D eigenvalue weighted by Gasteiger charge is 2.28. The van der Waals surface area contributed by atoms with Crippen LogP contribution >= 0.6 is 0 Å². The maximum Gasteiger partial charge on any atom is 0.279 e. The summed E-state index contributed by atoms with van der Waals surface area (Å²) in [5, 5.41) is 0. The summed E-state index contributed by atoms with van der Waals surface area (Å²) in [6.45, 7) is 6.78. The lowest BCUT2D eigenvalue weighted by Crippen LogP contribution is -2.51. The highest BCUT2D eigenvalue weighted by molar-refractivity contribution is 7.87. The molecular weight excluding hydrogens is 288 g/mol. The Morgan fingerprint density at radius 2 is 1.76 bits per heavy atom. The molecule has 21 heavy (non-hydrogen) atoms. The number of likely N-dealkylation sites (tertiary alicyclic amines) is 1. The van der Waals surface area contributed by atoms with Gasteiger partial charge in [0.15, 0.2) is 0 Å². The second-order valence-electron chi connectivity index (χ2n) is 6.46. The summed E-state index contributed by atoms with van der Waals surface area (Å²) in [6.07, 6.45) is 5.50. The van der Waals surface area contributed by atoms with Crippen LogP contribution in [-0.4, -0.2) is 62.9 Å². The van der Waals surface area contributed by atoms with E-state index in [1.807, 2.05) is 6.92 Å². The van der Waals surface area contributed by atoms with Crippen LogP contribution in [0.3, 0.4) is 0 Å². The van der Waals surface area contributed by atoms with Crippen molar-refractivity contribution in [1.82, 2.24) is 13.9 Å². The number of rotatable bonds is 6. The Hall–Kier alpha value is -0.210. The van der Waals surface area contributed by atoms with Crippen LogP contribution in [0.5, 0.6) is 0 Å². The Morgan fingerprint density at radius 1 is 1.14 bits per heavy atom. The first-order chi connectivity index (χ1) is 10.0. The zero-order valence-corrected chi connectivity index (χ0v) is 13.9. The third-order valence-corrected chi connectivity index (χ3v) is 6.32. The molecule has 3 N–H and O–H groups in total. The third kappa shape index (κ3) is 5.17. The highest BCUT2D eigenvalue weighted by Crippen LogP contribution is 2.18. The molecule has 7 heteroatoms. The van der Waals surface area contributed by atoms with Crippen LogP contribution in [0.1, 0.15) is 39.0 Å². The maximum atomic E-state index is 12.4. The number of nitrogens with two attached hydrogens (primary N) is 1. The zero-order valence-electron chi connectivity index (χ0n) is 13.1. The first kappa shape index (κ1) is 17.1. The minimum atomic E-state index is -3.35. The van der Waals surface area contributed by atoms with Gasteiger partial charge in [0.05, 0.1) is 0 Å². The Balaban J connectivity index is 1.79. The Morgan fingerprint density at radius 3 is 2.33 bits per heavy atom. The standard InChI is InChI=1S/C14H30N4O2S/c1-13(12-17-7-3-2-4-8-17)16-21(19,20)18-9-5-14(11-15)6-10-18/h13-14,16H,2-12,15H2,1H3. The summed E-state index contributed by atoms with van der Waals surface area (Å²) in [5.41, 5.74) is 5.65. The van der Waals surface area contributed by atoms with Gasteiger partial charge >= 0.3 is 0 Å². The second kappa shape index (κ2) is 7.87. The average molecular weight is 318 g/mol. The molecule has 0 bridgehead atoms. The zero-order chi connectivity index (χ0) is 15.3. The van der Waals surface area contributed by atoms with E-state index in [-0.39, 0.29) is 6.04 Å². The molecule has 0 saturated carbocycles. The van der Waals surface area contributed by atoms with Crippen LogP contribution in [-0.2, 0) is 10.2 Å². The van der Waals surface area contributed by atoms with Crippen molar-refractivity contribution in [3.63, 3.8) is 0 Å². The molecule has 0 aromatic heterocycles. The largest absolute Gasteiger partial charge is 0.330 e. The van der Waals surface area contributed by atoms with E-state index in [2.05, 4.69) is 9.62 Å². The molecule has 2 aliphatic rings. The van der Waals surface area contributed by atoms with Crippen molar-refractivity contribution in [2.24, 2.45) is 11.7 Å². The lowest BCUT2D eigenvalue weighted by Gasteiger charge is -2.33. The molecule has 2 aliphatic heterocycles. The quantitative estimate of drug-likeness (QED) is 0.741. The van der Waals surface area contributed by atoms with Crippen LogP contribution in [0.4, 0.5) is 0 Å². The van der Waals surface area contributed by atoms with Gasteiger partial charge in [-0.05, 0) is 58.2 Å². The molecule has 0 aromatic rings. The topological polar surface area (TPSA) is 78.7 Å². The molecule has 0 spiro atoms. The van der Waals surface area contributed by atoms with Gasteiger partial charge in [0.2, 0.25) is 0 Å². The fraction of sp³-hybridized carbons (Fsp3) is 1.00. The van der Waals surface area contributed by atoms with Gasteiger partial charge in [-0.2, -0.15) is 17.4 Å². The molecule has 1 unspecified atom stereocenters. The van der Waals surface area contributed by atoms with Crippen LogP contribution < -0.4 is 10.5 Å². The van der Waals surface area contributed by atoms with Crippen LogP contribution in [0.2, 0.25) is 0 Å². The molecule has 2 rings (SSSR count). The monoisotopic (exact) mass is 318 g/mol. The number of nitrogens with zero attached hydrogens (tertiary/aromatic N) is 2. The van der Waals surface area contributed by atoms with Gasteiger partial charge in [0.1, 0.15) is 0 Å². The molecule has 2 saturated heterocycles. The highest BCUT2D eigenvalue weighted by atomic mass is 32.2. The van der Waals surface area contributed by atoms with Crippen molar-refractivity contribution in [3.8, 4) is 0 Å². The summed E-state index contributed by atoms with van der Waals surface area (Å²) in [4.78, 5) is 2.36. The average Bonchev–Trinajstić information content (AvgIpc) is 2.47. The number of hydrogen-bond donors (Lipinski definition) is 2. The van der Waals surface area contributed by atoms with Crippen molar-refractivity contribution in [2.45, 2.75) is 45.1 Å². The summed E-state index contributed by atoms with van der Waals surface area (Å²) < 4.78 is 29.2. The molecule has 0 aliphatic carbocycles. The van der Waals surface area contributed by atoms with E-state index in [1.165, 1.54) is 19.3 Å². The molecule has 0 aromatic carbocycles. The molecule has 1 atom stereocenters. The van der Waals surface area contributed by atoms with E-state index in [0.717, 1.165) is 32.5 Å². The van der Waals surface area contributed by atoms with E-state index in [9.17, 15) is 8.42 Å². The van der Waals surface area contributed by atoms with Gasteiger partial charge in [0, 0.05) is 25.7 Å². The molecule has 2 fully saturated rings. The Labute approximate surface area is 129 Å². The molecule has 2 heterocycles. The predicted molar refractivity (Wildman–Crippen MR) is 85.2 cm³/mol. The van der Waals surface area contributed by atoms with Crippen LogP contribution in [0, 0.1) is 5.92 Å². The summed E-state index contributed by atoms with van der Waals surface area (Å²) in [6, 6.07) is -0.0414. The Kier molecular flexibility index (Phi) is 6.43. The first-order valence-electron chi connectivity index (χ1n) is 8.21. The minimum Gasteiger partial charge on any atom is -0.330 e. The first-order valence-corrected chi connectivity index (χ1v) is 9.65. The molecule has 0 amide bonds. The number of nitrogens with one attached hydrogen (secondary N) is 1. The number of piperidine rings is 2. The predicted octanol–water partition coefficient (Wildman–Crippen LogP) is 0.366. The van der Waals surface area contributed by atoms with E-state index in [1.54, 1.807) is 4.31 Å². The summed E-state index contributed by atoms with van der Waals surface area (Å²) in [7, 11) is -3.35. The molecule has 6 nitrogen and oxygen atoms in total. The van der Waals surface area contributed by atoms with Gasteiger partial charge < -0.3 is 10.6 Å².